The van der Waals surface area contributed by atoms with Crippen molar-refractivity contribution < 1.29 is 14.4 Å². The molecule has 3 aromatic rings. The summed E-state index contributed by atoms with van der Waals surface area (Å²) in [6.07, 6.45) is 0.938. The number of aromatic nitrogens is 2. The van der Waals surface area contributed by atoms with E-state index >= 15 is 0 Å². The van der Waals surface area contributed by atoms with Gasteiger partial charge in [-0.05, 0) is 30.7 Å². The number of nitrogens with zero attached hydrogens (tertiary/aromatic N) is 1. The summed E-state index contributed by atoms with van der Waals surface area (Å²) in [4.78, 5) is 44.5. The SMILES string of the molecule is O=C(CC[C@@H]1NC(=O)c2ccccc2NC1=O)NCCc1nc2ccccc2[nH]1. The topological polar surface area (TPSA) is 116 Å². The zero-order chi connectivity index (χ0) is 20.2. The monoisotopic (exact) mass is 391 g/mol. The molecule has 1 aromatic heterocycles. The lowest BCUT2D eigenvalue weighted by atomic mass is 10.1. The fraction of sp³-hybridized carbons (Fsp3) is 0.238. The first-order valence-corrected chi connectivity index (χ1v) is 9.51. The van der Waals surface area contributed by atoms with Crippen LogP contribution in [0.3, 0.4) is 0 Å². The number of fused-ring (bicyclic) bond motifs is 2. The lowest BCUT2D eigenvalue weighted by Crippen LogP contribution is -2.42. The Hall–Kier alpha value is -3.68. The average Bonchev–Trinajstić information content (AvgIpc) is 3.08. The maximum atomic E-state index is 12.3. The van der Waals surface area contributed by atoms with Crippen LogP contribution in [-0.4, -0.2) is 40.3 Å². The molecule has 1 atom stereocenters. The van der Waals surface area contributed by atoms with E-state index in [1.165, 1.54) is 0 Å². The first-order chi connectivity index (χ1) is 14.1. The van der Waals surface area contributed by atoms with E-state index in [4.69, 9.17) is 0 Å². The predicted octanol–water partition coefficient (Wildman–Crippen LogP) is 1.75. The van der Waals surface area contributed by atoms with Gasteiger partial charge in [0.1, 0.15) is 11.9 Å². The minimum atomic E-state index is -0.754. The fourth-order valence-corrected chi connectivity index (χ4v) is 3.32. The molecule has 0 saturated carbocycles. The maximum absolute atomic E-state index is 12.3. The highest BCUT2D eigenvalue weighted by Crippen LogP contribution is 2.19. The molecule has 29 heavy (non-hydrogen) atoms. The van der Waals surface area contributed by atoms with Crippen LogP contribution in [0.1, 0.15) is 29.0 Å². The number of anilines is 1. The second kappa shape index (κ2) is 8.14. The first kappa shape index (κ1) is 18.7. The van der Waals surface area contributed by atoms with Gasteiger partial charge in [-0.1, -0.05) is 24.3 Å². The van der Waals surface area contributed by atoms with Crippen LogP contribution >= 0.6 is 0 Å². The van der Waals surface area contributed by atoms with Gasteiger partial charge in [0.25, 0.3) is 5.91 Å². The van der Waals surface area contributed by atoms with Crippen molar-refractivity contribution in [2.45, 2.75) is 25.3 Å². The number of benzene rings is 2. The van der Waals surface area contributed by atoms with Crippen molar-refractivity contribution in [1.29, 1.82) is 0 Å². The summed E-state index contributed by atoms with van der Waals surface area (Å²) in [5.74, 6) is -0.0165. The Balaban J connectivity index is 1.26. The summed E-state index contributed by atoms with van der Waals surface area (Å²) < 4.78 is 0. The summed E-state index contributed by atoms with van der Waals surface area (Å²) >= 11 is 0. The Kier molecular flexibility index (Phi) is 5.24. The van der Waals surface area contributed by atoms with E-state index in [-0.39, 0.29) is 30.6 Å². The zero-order valence-electron chi connectivity index (χ0n) is 15.7. The molecule has 2 heterocycles. The zero-order valence-corrected chi connectivity index (χ0v) is 15.7. The van der Waals surface area contributed by atoms with Crippen molar-refractivity contribution in [3.05, 3.63) is 59.9 Å². The molecule has 3 amide bonds. The van der Waals surface area contributed by atoms with Crippen molar-refractivity contribution in [3.8, 4) is 0 Å². The highest BCUT2D eigenvalue weighted by atomic mass is 16.2. The molecule has 8 nitrogen and oxygen atoms in total. The minimum absolute atomic E-state index is 0.134. The van der Waals surface area contributed by atoms with Gasteiger partial charge in [-0.2, -0.15) is 0 Å². The third kappa shape index (κ3) is 4.26. The summed E-state index contributed by atoms with van der Waals surface area (Å²) in [5.41, 5.74) is 2.75. The lowest BCUT2D eigenvalue weighted by molar-refractivity contribution is -0.121. The Labute approximate surface area is 167 Å². The Bertz CT molecular complexity index is 1040. The summed E-state index contributed by atoms with van der Waals surface area (Å²) in [6.45, 7) is 0.438. The van der Waals surface area contributed by atoms with Crippen LogP contribution in [0.15, 0.2) is 48.5 Å². The van der Waals surface area contributed by atoms with Crippen molar-refractivity contribution in [1.82, 2.24) is 20.6 Å². The number of aromatic amines is 1. The molecule has 0 unspecified atom stereocenters. The Morgan fingerprint density at radius 3 is 2.72 bits per heavy atom. The van der Waals surface area contributed by atoms with E-state index in [1.54, 1.807) is 24.3 Å². The molecule has 0 spiro atoms. The minimum Gasteiger partial charge on any atom is -0.356 e. The molecule has 8 heteroatoms. The van der Waals surface area contributed by atoms with Crippen LogP contribution in [-0.2, 0) is 16.0 Å². The molecule has 2 aromatic carbocycles. The Morgan fingerprint density at radius 1 is 1.07 bits per heavy atom. The van der Waals surface area contributed by atoms with Crippen molar-refractivity contribution in [2.24, 2.45) is 0 Å². The number of imidazole rings is 1. The molecule has 0 saturated heterocycles. The molecular weight excluding hydrogens is 370 g/mol. The van der Waals surface area contributed by atoms with Gasteiger partial charge in [-0.3, -0.25) is 14.4 Å². The molecular formula is C21H21N5O3. The molecule has 0 radical (unpaired) electrons. The summed E-state index contributed by atoms with van der Waals surface area (Å²) in [6, 6.07) is 13.8. The normalized spacial score (nSPS) is 15.9. The highest BCUT2D eigenvalue weighted by molar-refractivity contribution is 6.09. The van der Waals surface area contributed by atoms with Gasteiger partial charge in [0, 0.05) is 19.4 Å². The molecule has 0 aliphatic carbocycles. The lowest BCUT2D eigenvalue weighted by Gasteiger charge is -2.14. The number of para-hydroxylation sites is 3. The Morgan fingerprint density at radius 2 is 1.86 bits per heavy atom. The maximum Gasteiger partial charge on any atom is 0.254 e. The largest absolute Gasteiger partial charge is 0.356 e. The van der Waals surface area contributed by atoms with Gasteiger partial charge in [-0.15, -0.1) is 0 Å². The number of hydrogen-bond donors (Lipinski definition) is 4. The van der Waals surface area contributed by atoms with Crippen LogP contribution in [0.4, 0.5) is 5.69 Å². The van der Waals surface area contributed by atoms with Crippen LogP contribution in [0, 0.1) is 0 Å². The highest BCUT2D eigenvalue weighted by Gasteiger charge is 2.27. The average molecular weight is 391 g/mol. The van der Waals surface area contributed by atoms with Gasteiger partial charge in [0.05, 0.1) is 22.3 Å². The molecule has 0 bridgehead atoms. The van der Waals surface area contributed by atoms with E-state index < -0.39 is 6.04 Å². The number of rotatable bonds is 6. The van der Waals surface area contributed by atoms with Crippen LogP contribution < -0.4 is 16.0 Å². The number of H-pyrrole nitrogens is 1. The molecule has 1 aliphatic rings. The summed E-state index contributed by atoms with van der Waals surface area (Å²) in [5, 5.41) is 8.26. The van der Waals surface area contributed by atoms with E-state index in [2.05, 4.69) is 25.9 Å². The van der Waals surface area contributed by atoms with E-state index in [9.17, 15) is 14.4 Å². The number of amides is 3. The smallest absolute Gasteiger partial charge is 0.254 e. The molecule has 4 rings (SSSR count). The van der Waals surface area contributed by atoms with Crippen LogP contribution in [0.2, 0.25) is 0 Å². The number of nitrogens with one attached hydrogen (secondary N) is 4. The first-order valence-electron chi connectivity index (χ1n) is 9.51. The fourth-order valence-electron chi connectivity index (χ4n) is 3.32. The van der Waals surface area contributed by atoms with Crippen LogP contribution in [0.5, 0.6) is 0 Å². The molecule has 148 valence electrons. The van der Waals surface area contributed by atoms with Crippen molar-refractivity contribution in [3.63, 3.8) is 0 Å². The van der Waals surface area contributed by atoms with E-state index in [0.29, 0.717) is 24.2 Å². The standard InChI is InChI=1S/C21H21N5O3/c27-19(22-12-11-18-23-15-7-3-4-8-16(15)24-18)10-9-17-21(29)25-14-6-2-1-5-13(14)20(28)26-17/h1-8,17H,9-12H2,(H,22,27)(H,23,24)(H,25,29)(H,26,28)/t17-/m0/s1. The van der Waals surface area contributed by atoms with Gasteiger partial charge in [0.2, 0.25) is 11.8 Å². The molecule has 0 fully saturated rings. The number of carbonyl (C=O) groups is 3. The third-order valence-corrected chi connectivity index (χ3v) is 4.83. The van der Waals surface area contributed by atoms with Crippen molar-refractivity contribution >= 4 is 34.4 Å². The van der Waals surface area contributed by atoms with E-state index in [0.717, 1.165) is 16.9 Å². The quantitative estimate of drug-likeness (QED) is 0.512. The second-order valence-electron chi connectivity index (χ2n) is 6.90. The second-order valence-corrected chi connectivity index (χ2v) is 6.90. The molecule has 4 N–H and O–H groups in total. The van der Waals surface area contributed by atoms with Crippen molar-refractivity contribution in [2.75, 3.05) is 11.9 Å². The van der Waals surface area contributed by atoms with Gasteiger partial charge < -0.3 is 20.9 Å². The van der Waals surface area contributed by atoms with E-state index in [1.807, 2.05) is 24.3 Å². The number of carbonyl (C=O) groups excluding carboxylic acids is 3. The van der Waals surface area contributed by atoms with Gasteiger partial charge in [0.15, 0.2) is 0 Å². The van der Waals surface area contributed by atoms with Gasteiger partial charge in [-0.25, -0.2) is 4.98 Å². The summed E-state index contributed by atoms with van der Waals surface area (Å²) in [7, 11) is 0. The van der Waals surface area contributed by atoms with Gasteiger partial charge >= 0.3 is 0 Å². The molecule has 1 aliphatic heterocycles. The third-order valence-electron chi connectivity index (χ3n) is 4.83. The predicted molar refractivity (Wildman–Crippen MR) is 108 cm³/mol. The van der Waals surface area contributed by atoms with Crippen LogP contribution in [0.25, 0.3) is 11.0 Å². The number of hydrogen-bond acceptors (Lipinski definition) is 4.